The molecule has 0 saturated carbocycles. The summed E-state index contributed by atoms with van der Waals surface area (Å²) < 4.78 is 38.1. The first-order chi connectivity index (χ1) is 11.5. The zero-order valence-corrected chi connectivity index (χ0v) is 15.9. The highest BCUT2D eigenvalue weighted by Gasteiger charge is 2.02. The van der Waals surface area contributed by atoms with E-state index in [-0.39, 0.29) is 19.8 Å². The summed E-state index contributed by atoms with van der Waals surface area (Å²) in [5, 5.41) is 7.75. The highest BCUT2D eigenvalue weighted by atomic mass is 32.3. The third-order valence-corrected chi connectivity index (χ3v) is 3.70. The van der Waals surface area contributed by atoms with Crippen LogP contribution in [-0.4, -0.2) is 51.0 Å². The molecule has 0 rings (SSSR count). The molecule has 0 fully saturated rings. The molecule has 0 aliphatic carbocycles. The fourth-order valence-corrected chi connectivity index (χ4v) is 2.27. The SMILES string of the molecule is CCCCCCCCCCCCOCCOS(=O)(=O)O.NCCO. The summed E-state index contributed by atoms with van der Waals surface area (Å²) in [5.74, 6) is 0. The van der Waals surface area contributed by atoms with Gasteiger partial charge in [0.1, 0.15) is 0 Å². The van der Waals surface area contributed by atoms with Gasteiger partial charge in [-0.25, -0.2) is 4.18 Å². The van der Waals surface area contributed by atoms with Crippen molar-refractivity contribution >= 4 is 10.4 Å². The quantitative estimate of drug-likeness (QED) is 0.282. The monoisotopic (exact) mass is 371 g/mol. The third kappa shape index (κ3) is 29.7. The molecule has 0 unspecified atom stereocenters. The lowest BCUT2D eigenvalue weighted by Gasteiger charge is -2.04. The van der Waals surface area contributed by atoms with Gasteiger partial charge in [0.15, 0.2) is 0 Å². The van der Waals surface area contributed by atoms with Crippen molar-refractivity contribution in [3.05, 3.63) is 0 Å². The zero-order valence-electron chi connectivity index (χ0n) is 15.1. The van der Waals surface area contributed by atoms with Gasteiger partial charge in [-0.05, 0) is 6.42 Å². The van der Waals surface area contributed by atoms with E-state index in [1.807, 2.05) is 0 Å². The van der Waals surface area contributed by atoms with Gasteiger partial charge in [-0.1, -0.05) is 64.7 Å². The number of ether oxygens (including phenoxy) is 1. The first kappa shape index (κ1) is 26.0. The summed E-state index contributed by atoms with van der Waals surface area (Å²) in [5.41, 5.74) is 4.78. The van der Waals surface area contributed by atoms with Gasteiger partial charge in [-0.15, -0.1) is 0 Å². The lowest BCUT2D eigenvalue weighted by atomic mass is 10.1. The fourth-order valence-electron chi connectivity index (χ4n) is 1.99. The van der Waals surface area contributed by atoms with Crippen molar-refractivity contribution in [3.8, 4) is 0 Å². The van der Waals surface area contributed by atoms with E-state index in [4.69, 9.17) is 20.1 Å². The van der Waals surface area contributed by atoms with Crippen LogP contribution in [0.3, 0.4) is 0 Å². The Morgan fingerprint density at radius 1 is 0.833 bits per heavy atom. The van der Waals surface area contributed by atoms with E-state index in [2.05, 4.69) is 11.1 Å². The first-order valence-corrected chi connectivity index (χ1v) is 10.3. The summed E-state index contributed by atoms with van der Waals surface area (Å²) in [6.45, 7) is 3.38. The van der Waals surface area contributed by atoms with Crippen molar-refractivity contribution in [2.45, 2.75) is 71.1 Å². The summed E-state index contributed by atoms with van der Waals surface area (Å²) in [7, 11) is -4.32. The summed E-state index contributed by atoms with van der Waals surface area (Å²) >= 11 is 0. The van der Waals surface area contributed by atoms with E-state index in [0.717, 1.165) is 12.8 Å². The van der Waals surface area contributed by atoms with E-state index in [0.29, 0.717) is 13.2 Å². The van der Waals surface area contributed by atoms with E-state index < -0.39 is 10.4 Å². The third-order valence-electron chi connectivity index (χ3n) is 3.23. The molecule has 7 nitrogen and oxygen atoms in total. The maximum Gasteiger partial charge on any atom is 0.397 e. The molecular formula is C16H37NO6S. The fraction of sp³-hybridized carbons (Fsp3) is 1.00. The minimum atomic E-state index is -4.32. The van der Waals surface area contributed by atoms with Crippen LogP contribution in [0.2, 0.25) is 0 Å². The lowest BCUT2D eigenvalue weighted by molar-refractivity contribution is 0.0945. The number of hydrogen-bond donors (Lipinski definition) is 3. The molecule has 148 valence electrons. The molecule has 0 saturated heterocycles. The van der Waals surface area contributed by atoms with Crippen LogP contribution in [0.25, 0.3) is 0 Å². The average molecular weight is 372 g/mol. The van der Waals surface area contributed by atoms with Crippen molar-refractivity contribution in [1.29, 1.82) is 0 Å². The van der Waals surface area contributed by atoms with Gasteiger partial charge >= 0.3 is 10.4 Å². The molecule has 24 heavy (non-hydrogen) atoms. The minimum absolute atomic E-state index is 0.0972. The van der Waals surface area contributed by atoms with E-state index in [1.54, 1.807) is 0 Å². The molecule has 4 N–H and O–H groups in total. The number of unbranched alkanes of at least 4 members (excludes halogenated alkanes) is 9. The molecule has 8 heteroatoms. The maximum absolute atomic E-state index is 10.2. The van der Waals surface area contributed by atoms with Crippen molar-refractivity contribution in [3.63, 3.8) is 0 Å². The topological polar surface area (TPSA) is 119 Å². The zero-order chi connectivity index (χ0) is 18.5. The summed E-state index contributed by atoms with van der Waals surface area (Å²) in [6, 6.07) is 0. The Hall–Kier alpha value is -0.250. The second-order valence-corrected chi connectivity index (χ2v) is 6.65. The molecule has 0 aliphatic heterocycles. The molecule has 0 spiro atoms. The molecule has 0 aliphatic rings. The van der Waals surface area contributed by atoms with Gasteiger partial charge in [0.25, 0.3) is 0 Å². The Kier molecular flexibility index (Phi) is 22.5. The molecule has 0 aromatic heterocycles. The standard InChI is InChI=1S/C14H30O5S.C2H7NO/c1-2-3-4-5-6-7-8-9-10-11-12-18-13-14-19-20(15,16)17;3-1-2-4/h2-14H2,1H3,(H,15,16,17);4H,1-3H2. The van der Waals surface area contributed by atoms with Crippen molar-refractivity contribution in [1.82, 2.24) is 0 Å². The van der Waals surface area contributed by atoms with E-state index >= 15 is 0 Å². The molecular weight excluding hydrogens is 334 g/mol. The van der Waals surface area contributed by atoms with Crippen LogP contribution >= 0.6 is 0 Å². The number of aliphatic hydroxyl groups excluding tert-OH is 1. The van der Waals surface area contributed by atoms with Crippen LogP contribution in [0.15, 0.2) is 0 Å². The van der Waals surface area contributed by atoms with Crippen molar-refractivity contribution in [2.24, 2.45) is 5.73 Å². The van der Waals surface area contributed by atoms with Gasteiger partial charge < -0.3 is 15.6 Å². The Bertz CT molecular complexity index is 323. The van der Waals surface area contributed by atoms with Crippen LogP contribution in [0.1, 0.15) is 71.1 Å². The number of nitrogens with two attached hydrogens (primary N) is 1. The van der Waals surface area contributed by atoms with Crippen molar-refractivity contribution in [2.75, 3.05) is 33.0 Å². The smallest absolute Gasteiger partial charge is 0.395 e. The Balaban J connectivity index is 0. The predicted octanol–water partition coefficient (Wildman–Crippen LogP) is 2.68. The number of hydrogen-bond acceptors (Lipinski definition) is 6. The van der Waals surface area contributed by atoms with Crippen molar-refractivity contribution < 1.29 is 27.0 Å². The largest absolute Gasteiger partial charge is 0.397 e. The van der Waals surface area contributed by atoms with Crippen LogP contribution in [0.4, 0.5) is 0 Å². The van der Waals surface area contributed by atoms with Crippen LogP contribution in [0.5, 0.6) is 0 Å². The van der Waals surface area contributed by atoms with Crippen LogP contribution in [-0.2, 0) is 19.3 Å². The lowest BCUT2D eigenvalue weighted by Crippen LogP contribution is -2.10. The second-order valence-electron chi connectivity index (χ2n) is 5.56. The van der Waals surface area contributed by atoms with Gasteiger partial charge in [-0.3, -0.25) is 4.55 Å². The molecule has 0 heterocycles. The number of rotatable bonds is 16. The van der Waals surface area contributed by atoms with Gasteiger partial charge in [0.05, 0.1) is 19.8 Å². The highest BCUT2D eigenvalue weighted by Crippen LogP contribution is 2.10. The summed E-state index contributed by atoms with van der Waals surface area (Å²) in [6.07, 6.45) is 12.7. The van der Waals surface area contributed by atoms with Crippen LogP contribution in [0, 0.1) is 0 Å². The van der Waals surface area contributed by atoms with E-state index in [1.165, 1.54) is 51.4 Å². The Morgan fingerprint density at radius 3 is 1.71 bits per heavy atom. The number of aliphatic hydroxyl groups is 1. The molecule has 0 radical (unpaired) electrons. The maximum atomic E-state index is 10.2. The minimum Gasteiger partial charge on any atom is -0.395 e. The normalized spacial score (nSPS) is 11.2. The predicted molar refractivity (Wildman–Crippen MR) is 96.3 cm³/mol. The van der Waals surface area contributed by atoms with Gasteiger partial charge in [0.2, 0.25) is 0 Å². The molecule has 0 aromatic rings. The Morgan fingerprint density at radius 2 is 1.29 bits per heavy atom. The highest BCUT2D eigenvalue weighted by molar-refractivity contribution is 7.80. The average Bonchev–Trinajstić information content (AvgIpc) is 2.54. The second kappa shape index (κ2) is 20.8. The van der Waals surface area contributed by atoms with E-state index in [9.17, 15) is 8.42 Å². The van der Waals surface area contributed by atoms with Crippen LogP contribution < -0.4 is 5.73 Å². The molecule has 0 aromatic carbocycles. The molecule has 0 bridgehead atoms. The first-order valence-electron chi connectivity index (χ1n) is 8.98. The molecule has 0 amide bonds. The Labute approximate surface area is 147 Å². The van der Waals surface area contributed by atoms with Gasteiger partial charge in [-0.2, -0.15) is 8.42 Å². The molecule has 0 atom stereocenters. The van der Waals surface area contributed by atoms with Gasteiger partial charge in [0, 0.05) is 13.2 Å². The summed E-state index contributed by atoms with van der Waals surface area (Å²) in [4.78, 5) is 0.